The Morgan fingerprint density at radius 3 is 2.61 bits per heavy atom. The van der Waals surface area contributed by atoms with Gasteiger partial charge in [-0.15, -0.1) is 0 Å². The zero-order valence-corrected chi connectivity index (χ0v) is 10.7. The third kappa shape index (κ3) is 4.04. The molecule has 1 amide bonds. The van der Waals surface area contributed by atoms with Crippen molar-refractivity contribution in [3.8, 4) is 0 Å². The maximum atomic E-state index is 11.0. The Hall–Kier alpha value is -2.11. The average molecular weight is 251 g/mol. The van der Waals surface area contributed by atoms with Crippen molar-refractivity contribution in [2.24, 2.45) is 5.92 Å². The monoisotopic (exact) mass is 251 g/mol. The highest BCUT2D eigenvalue weighted by Gasteiger charge is 2.15. The summed E-state index contributed by atoms with van der Waals surface area (Å²) in [6.07, 6.45) is 0. The maximum absolute atomic E-state index is 11.0. The number of nitrogens with zero attached hydrogens (tertiary/aromatic N) is 1. The van der Waals surface area contributed by atoms with Crippen molar-refractivity contribution in [3.63, 3.8) is 0 Å². The number of nitro benzene ring substituents is 1. The zero-order valence-electron chi connectivity index (χ0n) is 10.7. The molecule has 0 saturated carbocycles. The van der Waals surface area contributed by atoms with Crippen LogP contribution in [0.3, 0.4) is 0 Å². The molecule has 0 bridgehead atoms. The van der Waals surface area contributed by atoms with Crippen LogP contribution in [0.25, 0.3) is 0 Å². The molecule has 0 spiro atoms. The molecule has 0 unspecified atom stereocenters. The number of rotatable bonds is 5. The molecule has 0 aliphatic carbocycles. The van der Waals surface area contributed by atoms with E-state index in [0.29, 0.717) is 23.8 Å². The number of carbonyl (C=O) groups excluding carboxylic acids is 1. The van der Waals surface area contributed by atoms with Gasteiger partial charge in [0.2, 0.25) is 5.91 Å². The second kappa shape index (κ2) is 6.00. The topological polar surface area (TPSA) is 84.3 Å². The average Bonchev–Trinajstić information content (AvgIpc) is 2.26. The van der Waals surface area contributed by atoms with Crippen LogP contribution >= 0.6 is 0 Å². The van der Waals surface area contributed by atoms with Gasteiger partial charge in [0.15, 0.2) is 0 Å². The first-order chi connectivity index (χ1) is 8.40. The molecule has 18 heavy (non-hydrogen) atoms. The first-order valence-electron chi connectivity index (χ1n) is 5.70. The van der Waals surface area contributed by atoms with Gasteiger partial charge in [-0.05, 0) is 18.1 Å². The fourth-order valence-electron chi connectivity index (χ4n) is 1.43. The molecule has 0 fully saturated rings. The van der Waals surface area contributed by atoms with E-state index in [1.807, 2.05) is 13.8 Å². The first-order valence-corrected chi connectivity index (χ1v) is 5.70. The van der Waals surface area contributed by atoms with Crippen molar-refractivity contribution < 1.29 is 9.72 Å². The Balaban J connectivity index is 2.97. The molecule has 1 aromatic carbocycles. The lowest BCUT2D eigenvalue weighted by molar-refractivity contribution is -0.383. The Morgan fingerprint density at radius 1 is 1.44 bits per heavy atom. The summed E-state index contributed by atoms with van der Waals surface area (Å²) < 4.78 is 0. The molecular formula is C12H17N3O3. The van der Waals surface area contributed by atoms with Gasteiger partial charge < -0.3 is 10.6 Å². The van der Waals surface area contributed by atoms with E-state index in [2.05, 4.69) is 10.6 Å². The van der Waals surface area contributed by atoms with Gasteiger partial charge in [0.25, 0.3) is 5.69 Å². The zero-order chi connectivity index (χ0) is 13.7. The highest BCUT2D eigenvalue weighted by molar-refractivity contribution is 5.89. The highest BCUT2D eigenvalue weighted by Crippen LogP contribution is 2.28. The van der Waals surface area contributed by atoms with Crippen molar-refractivity contribution in [2.75, 3.05) is 17.2 Å². The van der Waals surface area contributed by atoms with Crippen LogP contribution in [-0.4, -0.2) is 17.4 Å². The largest absolute Gasteiger partial charge is 0.379 e. The van der Waals surface area contributed by atoms with Crippen LogP contribution in [0.1, 0.15) is 20.8 Å². The van der Waals surface area contributed by atoms with Crippen LogP contribution in [-0.2, 0) is 4.79 Å². The molecule has 0 heterocycles. The number of nitro groups is 1. The minimum Gasteiger partial charge on any atom is -0.379 e. The van der Waals surface area contributed by atoms with E-state index in [1.165, 1.54) is 13.0 Å². The quantitative estimate of drug-likeness (QED) is 0.622. The Labute approximate surface area is 106 Å². The molecule has 0 aliphatic heterocycles. The molecule has 0 atom stereocenters. The van der Waals surface area contributed by atoms with Crippen LogP contribution in [0.15, 0.2) is 18.2 Å². The van der Waals surface area contributed by atoms with Crippen LogP contribution in [0, 0.1) is 16.0 Å². The molecule has 6 nitrogen and oxygen atoms in total. The molecule has 6 heteroatoms. The normalized spacial score (nSPS) is 10.2. The van der Waals surface area contributed by atoms with Crippen molar-refractivity contribution in [2.45, 2.75) is 20.8 Å². The minimum absolute atomic E-state index is 0.0399. The van der Waals surface area contributed by atoms with E-state index < -0.39 is 4.92 Å². The number of amides is 1. The molecule has 0 aromatic heterocycles. The summed E-state index contributed by atoms with van der Waals surface area (Å²) >= 11 is 0. The number of anilines is 2. The van der Waals surface area contributed by atoms with E-state index in [4.69, 9.17) is 0 Å². The summed E-state index contributed by atoms with van der Waals surface area (Å²) in [6.45, 7) is 6.05. The Bertz CT molecular complexity index is 458. The number of hydrogen-bond donors (Lipinski definition) is 2. The maximum Gasteiger partial charge on any atom is 0.294 e. The lowest BCUT2D eigenvalue weighted by Crippen LogP contribution is -2.10. The van der Waals surface area contributed by atoms with E-state index in [-0.39, 0.29) is 11.6 Å². The molecule has 98 valence electrons. The second-order valence-corrected chi connectivity index (χ2v) is 4.44. The molecule has 1 rings (SSSR count). The molecular weight excluding hydrogens is 234 g/mol. The van der Waals surface area contributed by atoms with Gasteiger partial charge >= 0.3 is 0 Å². The molecule has 0 aliphatic rings. The van der Waals surface area contributed by atoms with Crippen LogP contribution < -0.4 is 10.6 Å². The van der Waals surface area contributed by atoms with Gasteiger partial charge in [-0.25, -0.2) is 0 Å². The predicted octanol–water partition coefficient (Wildman–Crippen LogP) is 2.62. The summed E-state index contributed by atoms with van der Waals surface area (Å²) in [5.41, 5.74) is 0.842. The number of carbonyl (C=O) groups is 1. The summed E-state index contributed by atoms with van der Waals surface area (Å²) in [4.78, 5) is 21.4. The van der Waals surface area contributed by atoms with Crippen LogP contribution in [0.4, 0.5) is 17.1 Å². The van der Waals surface area contributed by atoms with E-state index in [1.54, 1.807) is 12.1 Å². The summed E-state index contributed by atoms with van der Waals surface area (Å²) in [7, 11) is 0. The minimum atomic E-state index is -0.464. The fourth-order valence-corrected chi connectivity index (χ4v) is 1.43. The third-order valence-electron chi connectivity index (χ3n) is 2.22. The molecule has 0 radical (unpaired) electrons. The van der Waals surface area contributed by atoms with Gasteiger partial charge in [-0.2, -0.15) is 0 Å². The fraction of sp³-hybridized carbons (Fsp3) is 0.417. The van der Waals surface area contributed by atoms with Crippen LogP contribution in [0.2, 0.25) is 0 Å². The van der Waals surface area contributed by atoms with Gasteiger partial charge in [0.05, 0.1) is 4.92 Å². The third-order valence-corrected chi connectivity index (χ3v) is 2.22. The van der Waals surface area contributed by atoms with Gasteiger partial charge in [-0.1, -0.05) is 13.8 Å². The smallest absolute Gasteiger partial charge is 0.294 e. The van der Waals surface area contributed by atoms with Crippen molar-refractivity contribution in [1.29, 1.82) is 0 Å². The van der Waals surface area contributed by atoms with E-state index in [9.17, 15) is 14.9 Å². The predicted molar refractivity (Wildman–Crippen MR) is 70.7 cm³/mol. The Kier molecular flexibility index (Phi) is 4.65. The molecule has 2 N–H and O–H groups in total. The van der Waals surface area contributed by atoms with Crippen molar-refractivity contribution in [1.82, 2.24) is 0 Å². The number of nitrogens with one attached hydrogen (secondary N) is 2. The molecule has 0 saturated heterocycles. The standard InChI is InChI=1S/C12H17N3O3/c1-8(2)7-13-11-5-4-10(14-9(3)16)6-12(11)15(17)18/h4-6,8,13H,7H2,1-3H3,(H,14,16). The van der Waals surface area contributed by atoms with Gasteiger partial charge in [0.1, 0.15) is 5.69 Å². The summed E-state index contributed by atoms with van der Waals surface area (Å²) in [5, 5.41) is 16.5. The summed E-state index contributed by atoms with van der Waals surface area (Å²) in [6, 6.07) is 4.59. The number of hydrogen-bond acceptors (Lipinski definition) is 4. The SMILES string of the molecule is CC(=O)Nc1ccc(NCC(C)C)c([N+](=O)[O-])c1. The summed E-state index contributed by atoms with van der Waals surface area (Å²) in [5.74, 6) is 0.131. The lowest BCUT2D eigenvalue weighted by Gasteiger charge is -2.10. The highest BCUT2D eigenvalue weighted by atomic mass is 16.6. The second-order valence-electron chi connectivity index (χ2n) is 4.44. The van der Waals surface area contributed by atoms with E-state index in [0.717, 1.165) is 0 Å². The first kappa shape index (κ1) is 14.0. The van der Waals surface area contributed by atoms with Crippen molar-refractivity contribution in [3.05, 3.63) is 28.3 Å². The Morgan fingerprint density at radius 2 is 2.11 bits per heavy atom. The van der Waals surface area contributed by atoms with Gasteiger partial charge in [0, 0.05) is 25.2 Å². The van der Waals surface area contributed by atoms with E-state index >= 15 is 0 Å². The van der Waals surface area contributed by atoms with Crippen LogP contribution in [0.5, 0.6) is 0 Å². The van der Waals surface area contributed by atoms with Crippen molar-refractivity contribution >= 4 is 23.0 Å². The number of benzene rings is 1. The molecule has 1 aromatic rings. The van der Waals surface area contributed by atoms with Gasteiger partial charge in [-0.3, -0.25) is 14.9 Å². The lowest BCUT2D eigenvalue weighted by atomic mass is 10.2.